The first kappa shape index (κ1) is 19.2. The molecule has 2 N–H and O–H groups in total. The zero-order chi connectivity index (χ0) is 17.1. The quantitative estimate of drug-likeness (QED) is 0.409. The van der Waals surface area contributed by atoms with Crippen molar-refractivity contribution in [2.24, 2.45) is 5.10 Å². The fourth-order valence-corrected chi connectivity index (χ4v) is 2.07. The molecular weight excluding hydrogens is 314 g/mol. The van der Waals surface area contributed by atoms with E-state index in [4.69, 9.17) is 26.4 Å². The first-order valence-corrected chi connectivity index (χ1v) is 7.90. The molecule has 1 rings (SSSR count). The molecule has 0 fully saturated rings. The van der Waals surface area contributed by atoms with Crippen molar-refractivity contribution in [1.82, 2.24) is 10.7 Å². The first-order chi connectivity index (χ1) is 11.1. The molecular formula is C16H25N3O3S. The number of benzene rings is 1. The van der Waals surface area contributed by atoms with Gasteiger partial charge in [-0.1, -0.05) is 6.92 Å². The zero-order valence-electron chi connectivity index (χ0n) is 14.1. The molecule has 7 heteroatoms. The molecule has 0 aliphatic heterocycles. The van der Waals surface area contributed by atoms with Gasteiger partial charge in [0.15, 0.2) is 16.6 Å². The van der Waals surface area contributed by atoms with Crippen LogP contribution >= 0.6 is 12.2 Å². The van der Waals surface area contributed by atoms with Crippen LogP contribution in [-0.2, 0) is 4.74 Å². The lowest BCUT2D eigenvalue weighted by Crippen LogP contribution is -2.40. The highest BCUT2D eigenvalue weighted by Crippen LogP contribution is 2.27. The Bertz CT molecular complexity index is 523. The van der Waals surface area contributed by atoms with Crippen molar-refractivity contribution in [3.8, 4) is 11.5 Å². The predicted octanol–water partition coefficient (Wildman–Crippen LogP) is 2.32. The number of methoxy groups -OCH3 is 2. The van der Waals surface area contributed by atoms with Crippen LogP contribution in [-0.4, -0.2) is 44.8 Å². The van der Waals surface area contributed by atoms with Gasteiger partial charge >= 0.3 is 0 Å². The molecule has 0 radical (unpaired) electrons. The number of thiocarbonyl (C=S) groups is 1. The predicted molar refractivity (Wildman–Crippen MR) is 96.6 cm³/mol. The van der Waals surface area contributed by atoms with E-state index in [1.807, 2.05) is 25.1 Å². The van der Waals surface area contributed by atoms with Gasteiger partial charge in [-0.05, 0) is 49.3 Å². The average molecular weight is 339 g/mol. The summed E-state index contributed by atoms with van der Waals surface area (Å²) in [5, 5.41) is 7.62. The third-order valence-electron chi connectivity index (χ3n) is 2.82. The molecule has 0 heterocycles. The Labute approximate surface area is 143 Å². The maximum atomic E-state index is 5.67. The Morgan fingerprint density at radius 1 is 1.35 bits per heavy atom. The van der Waals surface area contributed by atoms with Gasteiger partial charge in [-0.15, -0.1) is 0 Å². The summed E-state index contributed by atoms with van der Waals surface area (Å²) < 4.78 is 16.0. The Morgan fingerprint density at radius 2 is 2.13 bits per heavy atom. The first-order valence-electron chi connectivity index (χ1n) is 7.50. The van der Waals surface area contributed by atoms with Crippen molar-refractivity contribution in [1.29, 1.82) is 0 Å². The van der Waals surface area contributed by atoms with Gasteiger partial charge in [-0.2, -0.15) is 5.10 Å². The van der Waals surface area contributed by atoms with Crippen LogP contribution < -0.4 is 20.2 Å². The number of nitrogens with zero attached hydrogens (tertiary/aromatic N) is 1. The summed E-state index contributed by atoms with van der Waals surface area (Å²) in [7, 11) is 3.27. The molecule has 0 unspecified atom stereocenters. The van der Waals surface area contributed by atoms with E-state index < -0.39 is 0 Å². The molecule has 0 aliphatic rings. The Morgan fingerprint density at radius 3 is 2.78 bits per heavy atom. The van der Waals surface area contributed by atoms with E-state index in [0.29, 0.717) is 29.8 Å². The second kappa shape index (κ2) is 10.8. The minimum atomic E-state index is 0.116. The number of hydrogen-bond donors (Lipinski definition) is 2. The van der Waals surface area contributed by atoms with Crippen LogP contribution in [0.15, 0.2) is 23.3 Å². The molecule has 0 spiro atoms. The maximum absolute atomic E-state index is 5.67. The van der Waals surface area contributed by atoms with Crippen molar-refractivity contribution in [3.05, 3.63) is 23.8 Å². The molecule has 1 aromatic carbocycles. The summed E-state index contributed by atoms with van der Waals surface area (Å²) in [6.07, 6.45) is 2.61. The number of rotatable bonds is 9. The van der Waals surface area contributed by atoms with Gasteiger partial charge in [-0.25, -0.2) is 0 Å². The number of hydrazone groups is 1. The summed E-state index contributed by atoms with van der Waals surface area (Å²) in [6.45, 7) is 5.24. The van der Waals surface area contributed by atoms with Gasteiger partial charge in [0, 0.05) is 13.2 Å². The molecule has 1 atom stereocenters. The van der Waals surface area contributed by atoms with Crippen LogP contribution in [0.25, 0.3) is 0 Å². The van der Waals surface area contributed by atoms with Gasteiger partial charge in [0.25, 0.3) is 0 Å². The van der Waals surface area contributed by atoms with E-state index in [9.17, 15) is 0 Å². The summed E-state index contributed by atoms with van der Waals surface area (Å²) in [4.78, 5) is 0. The van der Waals surface area contributed by atoms with Crippen molar-refractivity contribution >= 4 is 23.5 Å². The molecule has 23 heavy (non-hydrogen) atoms. The van der Waals surface area contributed by atoms with E-state index in [2.05, 4.69) is 22.8 Å². The van der Waals surface area contributed by atoms with Crippen molar-refractivity contribution in [3.63, 3.8) is 0 Å². The lowest BCUT2D eigenvalue weighted by Gasteiger charge is -2.14. The van der Waals surface area contributed by atoms with E-state index in [0.717, 1.165) is 12.0 Å². The normalized spacial score (nSPS) is 12.0. The Balaban J connectivity index is 2.60. The van der Waals surface area contributed by atoms with Gasteiger partial charge < -0.3 is 19.5 Å². The van der Waals surface area contributed by atoms with E-state index >= 15 is 0 Å². The molecule has 0 amide bonds. The maximum Gasteiger partial charge on any atom is 0.187 e. The standard InChI is InChI=1S/C16H25N3O3S/c1-5-8-22-15-9-13(6-7-14(15)21-4)10-17-19-16(23)18-12(2)11-20-3/h6-7,9-10,12H,5,8,11H2,1-4H3,(H2,18,19,23)/b17-10-/t12-/m0/s1. The van der Waals surface area contributed by atoms with E-state index in [1.54, 1.807) is 20.4 Å². The third-order valence-corrected chi connectivity index (χ3v) is 3.03. The molecule has 0 saturated heterocycles. The Kier molecular flexibility index (Phi) is 9.01. The molecule has 0 aliphatic carbocycles. The van der Waals surface area contributed by atoms with Crippen molar-refractivity contribution in [2.75, 3.05) is 27.4 Å². The van der Waals surface area contributed by atoms with Gasteiger partial charge in [0.05, 0.1) is 26.5 Å². The molecule has 0 bridgehead atoms. The van der Waals surface area contributed by atoms with E-state index in [1.165, 1.54) is 0 Å². The van der Waals surface area contributed by atoms with Crippen LogP contribution in [0.2, 0.25) is 0 Å². The summed E-state index contributed by atoms with van der Waals surface area (Å²) in [6, 6.07) is 5.74. The fraction of sp³-hybridized carbons (Fsp3) is 0.500. The second-order valence-corrected chi connectivity index (χ2v) is 5.37. The van der Waals surface area contributed by atoms with Crippen LogP contribution in [0.1, 0.15) is 25.8 Å². The molecule has 6 nitrogen and oxygen atoms in total. The summed E-state index contributed by atoms with van der Waals surface area (Å²) >= 11 is 5.15. The van der Waals surface area contributed by atoms with Gasteiger partial charge in [0.2, 0.25) is 0 Å². The number of nitrogens with one attached hydrogen (secondary N) is 2. The molecule has 1 aromatic rings. The van der Waals surface area contributed by atoms with Crippen molar-refractivity contribution in [2.45, 2.75) is 26.3 Å². The average Bonchev–Trinajstić information content (AvgIpc) is 2.53. The van der Waals surface area contributed by atoms with Crippen molar-refractivity contribution < 1.29 is 14.2 Å². The zero-order valence-corrected chi connectivity index (χ0v) is 14.9. The monoisotopic (exact) mass is 339 g/mol. The summed E-state index contributed by atoms with van der Waals surface area (Å²) in [5.74, 6) is 1.40. The third kappa shape index (κ3) is 7.30. The SMILES string of the molecule is CCCOc1cc(/C=N\NC(=S)N[C@@H](C)COC)ccc1OC. The van der Waals surface area contributed by atoms with Crippen LogP contribution in [0.4, 0.5) is 0 Å². The van der Waals surface area contributed by atoms with Gasteiger partial charge in [0.1, 0.15) is 0 Å². The minimum Gasteiger partial charge on any atom is -0.493 e. The highest BCUT2D eigenvalue weighted by atomic mass is 32.1. The lowest BCUT2D eigenvalue weighted by atomic mass is 10.2. The largest absolute Gasteiger partial charge is 0.493 e. The van der Waals surface area contributed by atoms with Crippen LogP contribution in [0, 0.1) is 0 Å². The number of hydrogen-bond acceptors (Lipinski definition) is 5. The molecule has 0 aromatic heterocycles. The lowest BCUT2D eigenvalue weighted by molar-refractivity contribution is 0.179. The minimum absolute atomic E-state index is 0.116. The second-order valence-electron chi connectivity index (χ2n) is 4.96. The molecule has 0 saturated carbocycles. The Hall–Kier alpha value is -1.86. The highest BCUT2D eigenvalue weighted by Gasteiger charge is 2.05. The molecule has 128 valence electrons. The fourth-order valence-electron chi connectivity index (χ4n) is 1.81. The number of ether oxygens (including phenoxy) is 3. The topological polar surface area (TPSA) is 64.1 Å². The van der Waals surface area contributed by atoms with Gasteiger partial charge in [-0.3, -0.25) is 5.43 Å². The van der Waals surface area contributed by atoms with Crippen LogP contribution in [0.3, 0.4) is 0 Å². The highest BCUT2D eigenvalue weighted by molar-refractivity contribution is 7.80. The van der Waals surface area contributed by atoms with Crippen LogP contribution in [0.5, 0.6) is 11.5 Å². The summed E-state index contributed by atoms with van der Waals surface area (Å²) in [5.41, 5.74) is 3.66. The smallest absolute Gasteiger partial charge is 0.187 e. The van der Waals surface area contributed by atoms with E-state index in [-0.39, 0.29) is 6.04 Å².